The Morgan fingerprint density at radius 2 is 2.19 bits per heavy atom. The molecule has 0 amide bonds. The maximum Gasteiger partial charge on any atom is 0.245 e. The van der Waals surface area contributed by atoms with E-state index < -0.39 is 10.0 Å². The van der Waals surface area contributed by atoms with Crippen molar-refractivity contribution in [2.75, 3.05) is 6.54 Å². The quantitative estimate of drug-likeness (QED) is 0.761. The summed E-state index contributed by atoms with van der Waals surface area (Å²) >= 11 is 3.14. The highest BCUT2D eigenvalue weighted by Crippen LogP contribution is 2.26. The first-order chi connectivity index (χ1) is 9.94. The molecule has 2 N–H and O–H groups in total. The second-order valence-electron chi connectivity index (χ2n) is 4.41. The number of aromatic nitrogens is 2. The van der Waals surface area contributed by atoms with Crippen LogP contribution in [0.15, 0.2) is 32.4 Å². The number of nitrogens with one attached hydrogen (secondary N) is 2. The standard InChI is InChI=1S/C12H17BrN4O3S/c1-3-14-7-9-6-10(12(13)20-9)21(18,19)16-8-11-15-4-5-17(11)2/h4-6,14,16H,3,7-8H2,1-2H3. The number of halogens is 1. The highest BCUT2D eigenvalue weighted by molar-refractivity contribution is 9.10. The minimum Gasteiger partial charge on any atom is -0.452 e. The van der Waals surface area contributed by atoms with Crippen LogP contribution in [0.25, 0.3) is 0 Å². The Kier molecular flexibility index (Phi) is 5.20. The van der Waals surface area contributed by atoms with Crippen molar-refractivity contribution in [2.45, 2.75) is 24.9 Å². The average Bonchev–Trinajstić information content (AvgIpc) is 3.00. The Morgan fingerprint density at radius 3 is 2.81 bits per heavy atom. The number of nitrogens with zero attached hydrogens (tertiary/aromatic N) is 2. The number of rotatable bonds is 7. The molecule has 0 atom stereocenters. The Labute approximate surface area is 131 Å². The highest BCUT2D eigenvalue weighted by Gasteiger charge is 2.22. The highest BCUT2D eigenvalue weighted by atomic mass is 79.9. The summed E-state index contributed by atoms with van der Waals surface area (Å²) in [6, 6.07) is 1.51. The molecule has 0 fully saturated rings. The number of sulfonamides is 1. The molecule has 2 rings (SSSR count). The minimum absolute atomic E-state index is 0.0876. The molecule has 9 heteroatoms. The van der Waals surface area contributed by atoms with Crippen LogP contribution in [0, 0.1) is 0 Å². The Hall–Kier alpha value is -1.16. The van der Waals surface area contributed by atoms with Crippen molar-refractivity contribution in [2.24, 2.45) is 7.05 Å². The van der Waals surface area contributed by atoms with E-state index in [1.165, 1.54) is 6.07 Å². The van der Waals surface area contributed by atoms with Gasteiger partial charge in [-0.25, -0.2) is 18.1 Å². The van der Waals surface area contributed by atoms with E-state index in [0.717, 1.165) is 6.54 Å². The molecule has 0 bridgehead atoms. The summed E-state index contributed by atoms with van der Waals surface area (Å²) < 4.78 is 34.4. The normalized spacial score (nSPS) is 12.0. The van der Waals surface area contributed by atoms with Gasteiger partial charge in [0.25, 0.3) is 0 Å². The fourth-order valence-corrected chi connectivity index (χ4v) is 3.70. The Bertz CT molecular complexity index is 708. The molecule has 2 heterocycles. The average molecular weight is 377 g/mol. The first kappa shape index (κ1) is 16.2. The van der Waals surface area contributed by atoms with Crippen molar-refractivity contribution in [1.82, 2.24) is 19.6 Å². The third-order valence-electron chi connectivity index (χ3n) is 2.89. The van der Waals surface area contributed by atoms with Gasteiger partial charge < -0.3 is 14.3 Å². The lowest BCUT2D eigenvalue weighted by molar-refractivity contribution is 0.464. The summed E-state index contributed by atoms with van der Waals surface area (Å²) in [5.74, 6) is 1.19. The minimum atomic E-state index is -3.66. The lowest BCUT2D eigenvalue weighted by Gasteiger charge is -2.05. The molecule has 2 aromatic rings. The molecular formula is C12H17BrN4O3S. The second-order valence-corrected chi connectivity index (χ2v) is 6.87. The monoisotopic (exact) mass is 376 g/mol. The van der Waals surface area contributed by atoms with E-state index in [-0.39, 0.29) is 16.1 Å². The van der Waals surface area contributed by atoms with E-state index in [0.29, 0.717) is 18.1 Å². The molecule has 2 aromatic heterocycles. The summed E-state index contributed by atoms with van der Waals surface area (Å²) in [5.41, 5.74) is 0. The zero-order chi connectivity index (χ0) is 15.5. The van der Waals surface area contributed by atoms with Gasteiger partial charge in [-0.3, -0.25) is 0 Å². The second kappa shape index (κ2) is 6.73. The van der Waals surface area contributed by atoms with Gasteiger partial charge in [0, 0.05) is 25.5 Å². The molecule has 0 aliphatic rings. The molecule has 0 saturated heterocycles. The maximum atomic E-state index is 12.3. The first-order valence-corrected chi connectivity index (χ1v) is 8.66. The van der Waals surface area contributed by atoms with Crippen LogP contribution in [-0.2, 0) is 30.2 Å². The largest absolute Gasteiger partial charge is 0.452 e. The molecular weight excluding hydrogens is 360 g/mol. The summed E-state index contributed by atoms with van der Waals surface area (Å²) in [4.78, 5) is 4.16. The van der Waals surface area contributed by atoms with E-state index in [1.54, 1.807) is 24.0 Å². The zero-order valence-electron chi connectivity index (χ0n) is 11.8. The van der Waals surface area contributed by atoms with Gasteiger partial charge in [-0.05, 0) is 22.5 Å². The van der Waals surface area contributed by atoms with Crippen molar-refractivity contribution in [3.8, 4) is 0 Å². The summed E-state index contributed by atoms with van der Waals surface area (Å²) in [6.07, 6.45) is 3.37. The predicted octanol–water partition coefficient (Wildman–Crippen LogP) is 1.36. The number of hydrogen-bond donors (Lipinski definition) is 2. The zero-order valence-corrected chi connectivity index (χ0v) is 14.2. The van der Waals surface area contributed by atoms with Crippen LogP contribution in [0.2, 0.25) is 0 Å². The van der Waals surface area contributed by atoms with Crippen LogP contribution >= 0.6 is 15.9 Å². The van der Waals surface area contributed by atoms with Crippen LogP contribution < -0.4 is 10.0 Å². The summed E-state index contributed by atoms with van der Waals surface area (Å²) in [6.45, 7) is 3.33. The SMILES string of the molecule is CCNCc1cc(S(=O)(=O)NCc2nccn2C)c(Br)o1. The molecule has 0 aliphatic heterocycles. The van der Waals surface area contributed by atoms with E-state index in [4.69, 9.17) is 4.42 Å². The lowest BCUT2D eigenvalue weighted by Crippen LogP contribution is -2.24. The molecule has 0 saturated carbocycles. The topological polar surface area (TPSA) is 89.2 Å². The van der Waals surface area contributed by atoms with Gasteiger partial charge in [-0.2, -0.15) is 0 Å². The Balaban J connectivity index is 2.12. The van der Waals surface area contributed by atoms with Crippen LogP contribution in [0.1, 0.15) is 18.5 Å². The number of furan rings is 1. The van der Waals surface area contributed by atoms with Gasteiger partial charge in [0.15, 0.2) is 4.67 Å². The third kappa shape index (κ3) is 3.94. The summed E-state index contributed by atoms with van der Waals surface area (Å²) in [5, 5.41) is 3.08. The van der Waals surface area contributed by atoms with Gasteiger partial charge in [0.2, 0.25) is 10.0 Å². The van der Waals surface area contributed by atoms with Crippen molar-refractivity contribution in [1.29, 1.82) is 0 Å². The van der Waals surface area contributed by atoms with Crippen LogP contribution in [0.4, 0.5) is 0 Å². The van der Waals surface area contributed by atoms with Crippen LogP contribution in [-0.4, -0.2) is 24.5 Å². The molecule has 0 radical (unpaired) electrons. The fourth-order valence-electron chi connectivity index (χ4n) is 1.72. The smallest absolute Gasteiger partial charge is 0.245 e. The number of imidazole rings is 1. The molecule has 0 unspecified atom stereocenters. The van der Waals surface area contributed by atoms with Crippen molar-refractivity contribution in [3.63, 3.8) is 0 Å². The van der Waals surface area contributed by atoms with Crippen LogP contribution in [0.5, 0.6) is 0 Å². The maximum absolute atomic E-state index is 12.3. The first-order valence-electron chi connectivity index (χ1n) is 6.39. The van der Waals surface area contributed by atoms with Crippen molar-refractivity contribution >= 4 is 26.0 Å². The van der Waals surface area contributed by atoms with Crippen LogP contribution in [0.3, 0.4) is 0 Å². The molecule has 0 spiro atoms. The molecule has 7 nitrogen and oxygen atoms in total. The van der Waals surface area contributed by atoms with Gasteiger partial charge in [-0.1, -0.05) is 6.92 Å². The fraction of sp³-hybridized carbons (Fsp3) is 0.417. The molecule has 116 valence electrons. The van der Waals surface area contributed by atoms with Gasteiger partial charge in [-0.15, -0.1) is 0 Å². The number of aryl methyl sites for hydroxylation is 1. The molecule has 21 heavy (non-hydrogen) atoms. The summed E-state index contributed by atoms with van der Waals surface area (Å²) in [7, 11) is -1.86. The van der Waals surface area contributed by atoms with E-state index in [9.17, 15) is 8.42 Å². The van der Waals surface area contributed by atoms with E-state index >= 15 is 0 Å². The molecule has 0 aromatic carbocycles. The lowest BCUT2D eigenvalue weighted by atomic mass is 10.4. The van der Waals surface area contributed by atoms with Crippen molar-refractivity contribution < 1.29 is 12.8 Å². The predicted molar refractivity (Wildman–Crippen MR) is 81.0 cm³/mol. The van der Waals surface area contributed by atoms with Gasteiger partial charge >= 0.3 is 0 Å². The van der Waals surface area contributed by atoms with Gasteiger partial charge in [0.1, 0.15) is 16.5 Å². The number of hydrogen-bond acceptors (Lipinski definition) is 5. The van der Waals surface area contributed by atoms with Crippen molar-refractivity contribution in [3.05, 3.63) is 34.7 Å². The Morgan fingerprint density at radius 1 is 1.43 bits per heavy atom. The third-order valence-corrected chi connectivity index (χ3v) is 5.14. The van der Waals surface area contributed by atoms with E-state index in [2.05, 4.69) is 31.0 Å². The van der Waals surface area contributed by atoms with E-state index in [1.807, 2.05) is 6.92 Å². The van der Waals surface area contributed by atoms with Gasteiger partial charge in [0.05, 0.1) is 13.1 Å². The molecule has 0 aliphatic carbocycles.